The minimum atomic E-state index is -0.147. The number of nitrogens with zero attached hydrogens (tertiary/aromatic N) is 5. The zero-order valence-electron chi connectivity index (χ0n) is 51.1. The molecular weight excluding hydrogens is 1090 g/mol. The summed E-state index contributed by atoms with van der Waals surface area (Å²) in [6, 6.07) is 97.2. The molecule has 19 rings (SSSR count). The van der Waals surface area contributed by atoms with E-state index >= 15 is 0 Å². The summed E-state index contributed by atoms with van der Waals surface area (Å²) in [5.74, 6) is 0.660. The van der Waals surface area contributed by atoms with E-state index in [4.69, 9.17) is 9.97 Å². The maximum Gasteiger partial charge on any atom is 0.160 e. The first-order valence-electron chi connectivity index (χ1n) is 31.6. The predicted molar refractivity (Wildman–Crippen MR) is 374 cm³/mol. The van der Waals surface area contributed by atoms with Crippen molar-refractivity contribution < 1.29 is 0 Å². The summed E-state index contributed by atoms with van der Waals surface area (Å²) < 4.78 is 7.36. The Morgan fingerprint density at radius 3 is 0.967 bits per heavy atom. The highest BCUT2D eigenvalue weighted by atomic mass is 15.0. The monoisotopic (exact) mass is 1150 g/mol. The molecule has 0 spiro atoms. The number of para-hydroxylation sites is 3. The van der Waals surface area contributed by atoms with Crippen LogP contribution < -0.4 is 0 Å². The number of aromatic nitrogens is 5. The molecule has 90 heavy (non-hydrogen) atoms. The number of hydrogen-bond acceptors (Lipinski definition) is 2. The highest BCUT2D eigenvalue weighted by Crippen LogP contribution is 2.54. The number of rotatable bonds is 6. The number of fused-ring (bicyclic) bond motifs is 18. The minimum Gasteiger partial charge on any atom is -0.309 e. The molecule has 0 aliphatic heterocycles. The van der Waals surface area contributed by atoms with Crippen LogP contribution in [-0.4, -0.2) is 23.7 Å². The first-order chi connectivity index (χ1) is 43.9. The lowest BCUT2D eigenvalue weighted by Crippen LogP contribution is -2.15. The van der Waals surface area contributed by atoms with Crippen molar-refractivity contribution >= 4 is 65.4 Å². The second kappa shape index (κ2) is 18.1. The van der Waals surface area contributed by atoms with Crippen molar-refractivity contribution in [3.63, 3.8) is 0 Å². The molecule has 0 saturated carbocycles. The normalized spacial score (nSPS) is 14.6. The van der Waals surface area contributed by atoms with Gasteiger partial charge in [0.1, 0.15) is 0 Å². The summed E-state index contributed by atoms with van der Waals surface area (Å²) in [7, 11) is 0. The van der Waals surface area contributed by atoms with Gasteiger partial charge in [-0.1, -0.05) is 193 Å². The van der Waals surface area contributed by atoms with Crippen LogP contribution >= 0.6 is 0 Å². The molecule has 4 heterocycles. The summed E-state index contributed by atoms with van der Waals surface area (Å²) in [6.45, 7) is 14.2. The predicted octanol–water partition coefficient (Wildman–Crippen LogP) is 21.7. The van der Waals surface area contributed by atoms with Gasteiger partial charge in [0.05, 0.1) is 44.5 Å². The van der Waals surface area contributed by atoms with Crippen LogP contribution in [0, 0.1) is 0 Å². The zero-order chi connectivity index (χ0) is 60.1. The summed E-state index contributed by atoms with van der Waals surface area (Å²) in [6.07, 6.45) is 0. The molecule has 0 amide bonds. The van der Waals surface area contributed by atoms with Crippen LogP contribution in [0.2, 0.25) is 0 Å². The molecule has 16 aromatic rings. The Kier molecular flexibility index (Phi) is 10.3. The van der Waals surface area contributed by atoms with Gasteiger partial charge >= 0.3 is 0 Å². The lowest BCUT2D eigenvalue weighted by atomic mass is 9.82. The lowest BCUT2D eigenvalue weighted by Gasteiger charge is -2.21. The Morgan fingerprint density at radius 2 is 0.578 bits per heavy atom. The van der Waals surface area contributed by atoms with E-state index in [9.17, 15) is 0 Å². The van der Waals surface area contributed by atoms with Crippen LogP contribution in [0.4, 0.5) is 0 Å². The van der Waals surface area contributed by atoms with Crippen LogP contribution in [0.15, 0.2) is 261 Å². The quantitative estimate of drug-likeness (QED) is 0.166. The Labute approximate surface area is 522 Å². The largest absolute Gasteiger partial charge is 0.309 e. The molecule has 0 bridgehead atoms. The Morgan fingerprint density at radius 1 is 0.233 bits per heavy atom. The Hall–Kier alpha value is -10.9. The van der Waals surface area contributed by atoms with Crippen molar-refractivity contribution in [3.05, 3.63) is 294 Å². The molecule has 0 radical (unpaired) electrons. The third kappa shape index (κ3) is 6.97. The van der Waals surface area contributed by atoms with Crippen LogP contribution in [0.1, 0.15) is 74.9 Å². The fraction of sp³-hybridized carbons (Fsp3) is 0.106. The Bertz CT molecular complexity index is 5580. The molecule has 426 valence electrons. The highest BCUT2D eigenvalue weighted by molar-refractivity contribution is 6.14. The second-order valence-corrected chi connectivity index (χ2v) is 26.9. The molecule has 12 aromatic carbocycles. The average molecular weight is 1150 g/mol. The van der Waals surface area contributed by atoms with E-state index in [1.165, 1.54) is 132 Å². The highest BCUT2D eigenvalue weighted by Gasteiger charge is 2.39. The topological polar surface area (TPSA) is 40.6 Å². The van der Waals surface area contributed by atoms with E-state index in [-0.39, 0.29) is 16.2 Å². The SMILES string of the molecule is CC1(C)c2ccccc2-c2cc3c4ccccc4n(-c4ccc(-c5nc(-c6cccc(-n7c8ccccc8c8cc9c(cc87)C(C)(C)c7ccccc7-9)c6)cc(-c6cccc(-n7c8ccccc8c8cc9c(cc87)C(C)(C)c7ccccc7-9)c6)n5)cc4)c3cc21. The van der Waals surface area contributed by atoms with E-state index in [1.54, 1.807) is 0 Å². The van der Waals surface area contributed by atoms with Crippen molar-refractivity contribution in [2.45, 2.75) is 57.8 Å². The first kappa shape index (κ1) is 51.2. The van der Waals surface area contributed by atoms with Crippen LogP contribution in [0.3, 0.4) is 0 Å². The number of benzene rings is 12. The molecule has 0 N–H and O–H groups in total. The molecule has 0 fully saturated rings. The fourth-order valence-electron chi connectivity index (χ4n) is 16.6. The maximum absolute atomic E-state index is 5.59. The lowest BCUT2D eigenvalue weighted by molar-refractivity contribution is 0.661. The van der Waals surface area contributed by atoms with E-state index in [0.29, 0.717) is 5.82 Å². The van der Waals surface area contributed by atoms with Gasteiger partial charge in [0.15, 0.2) is 5.82 Å². The van der Waals surface area contributed by atoms with E-state index in [2.05, 4.69) is 316 Å². The van der Waals surface area contributed by atoms with Gasteiger partial charge in [-0.25, -0.2) is 9.97 Å². The van der Waals surface area contributed by atoms with Gasteiger partial charge in [-0.05, 0) is 176 Å². The van der Waals surface area contributed by atoms with Crippen LogP contribution in [0.5, 0.6) is 0 Å². The van der Waals surface area contributed by atoms with Crippen molar-refractivity contribution in [1.29, 1.82) is 0 Å². The molecule has 3 aliphatic carbocycles. The van der Waals surface area contributed by atoms with E-state index in [0.717, 1.165) is 45.1 Å². The summed E-state index contributed by atoms with van der Waals surface area (Å²) in [5.41, 5.74) is 30.7. The van der Waals surface area contributed by atoms with Gasteiger partial charge < -0.3 is 13.7 Å². The summed E-state index contributed by atoms with van der Waals surface area (Å²) >= 11 is 0. The molecule has 3 aliphatic rings. The molecule has 5 nitrogen and oxygen atoms in total. The van der Waals surface area contributed by atoms with Gasteiger partial charge in [0.25, 0.3) is 0 Å². The van der Waals surface area contributed by atoms with Crippen molar-refractivity contribution in [3.8, 4) is 84.3 Å². The molecular formula is C85H61N5. The Balaban J connectivity index is 0.785. The van der Waals surface area contributed by atoms with E-state index in [1.807, 2.05) is 0 Å². The van der Waals surface area contributed by atoms with Crippen LogP contribution in [-0.2, 0) is 16.2 Å². The number of hydrogen-bond donors (Lipinski definition) is 0. The second-order valence-electron chi connectivity index (χ2n) is 26.9. The molecule has 0 atom stereocenters. The molecule has 4 aromatic heterocycles. The third-order valence-electron chi connectivity index (χ3n) is 21.0. The maximum atomic E-state index is 5.59. The van der Waals surface area contributed by atoms with Gasteiger partial charge in [-0.3, -0.25) is 0 Å². The summed E-state index contributed by atoms with van der Waals surface area (Å²) in [4.78, 5) is 11.2. The van der Waals surface area contributed by atoms with Gasteiger partial charge in [0, 0.05) is 82.3 Å². The zero-order valence-corrected chi connectivity index (χ0v) is 51.1. The minimum absolute atomic E-state index is 0.133. The fourth-order valence-corrected chi connectivity index (χ4v) is 16.6. The van der Waals surface area contributed by atoms with Crippen molar-refractivity contribution in [2.24, 2.45) is 0 Å². The molecule has 0 unspecified atom stereocenters. The van der Waals surface area contributed by atoms with Crippen molar-refractivity contribution in [1.82, 2.24) is 23.7 Å². The van der Waals surface area contributed by atoms with E-state index < -0.39 is 0 Å². The van der Waals surface area contributed by atoms with Gasteiger partial charge in [0.2, 0.25) is 0 Å². The molecule has 0 saturated heterocycles. The smallest absolute Gasteiger partial charge is 0.160 e. The summed E-state index contributed by atoms with van der Waals surface area (Å²) in [5, 5.41) is 7.46. The standard InChI is InChI=1S/C85H61N5/c1-83(2)68-31-13-7-25-56(68)62-43-65-59-28-10-16-34-76(59)88(79(65)46-71(62)83)53-39-37-50(38-40-53)82-86-74(51-21-19-23-54(41-51)89-77-35-17-11-29-60(77)66-44-63-57-26-8-14-32-69(57)84(3,4)72(63)47-80(66)89)49-75(87-82)52-22-20-24-55(42-52)90-78-36-18-12-30-61(78)67-45-64-58-27-9-15-33-70(58)85(5,6)73(64)48-81(67)90/h7-49H,1-6H3. The molecule has 5 heteroatoms. The third-order valence-corrected chi connectivity index (χ3v) is 21.0. The first-order valence-corrected chi connectivity index (χ1v) is 31.6. The average Bonchev–Trinajstić information content (AvgIpc) is 1.58. The van der Waals surface area contributed by atoms with Gasteiger partial charge in [-0.2, -0.15) is 0 Å². The van der Waals surface area contributed by atoms with Gasteiger partial charge in [-0.15, -0.1) is 0 Å². The van der Waals surface area contributed by atoms with Crippen LogP contribution in [0.25, 0.3) is 150 Å². The van der Waals surface area contributed by atoms with Crippen molar-refractivity contribution in [2.75, 3.05) is 0 Å².